The lowest BCUT2D eigenvalue weighted by atomic mass is 10.2. The highest BCUT2D eigenvalue weighted by Crippen LogP contribution is 1.98. The van der Waals surface area contributed by atoms with Crippen molar-refractivity contribution in [1.82, 2.24) is 4.98 Å². The fourth-order valence-electron chi connectivity index (χ4n) is 0.685. The Balaban J connectivity index is 3.01. The molecule has 0 aliphatic carbocycles. The molecule has 0 radical (unpaired) electrons. The SMILES string of the molecule is NC(=O)c1ccc(C(N)=S)nc1. The van der Waals surface area contributed by atoms with Gasteiger partial charge >= 0.3 is 0 Å². The molecule has 4 N–H and O–H groups in total. The topological polar surface area (TPSA) is 82.0 Å². The fourth-order valence-corrected chi connectivity index (χ4v) is 0.806. The number of carbonyl (C=O) groups excluding carboxylic acids is 1. The number of hydrogen-bond donors (Lipinski definition) is 2. The van der Waals surface area contributed by atoms with Crippen LogP contribution in [0.25, 0.3) is 0 Å². The summed E-state index contributed by atoms with van der Waals surface area (Å²) in [4.78, 5) is 14.6. The Morgan fingerprint density at radius 3 is 2.42 bits per heavy atom. The van der Waals surface area contributed by atoms with E-state index < -0.39 is 5.91 Å². The minimum Gasteiger partial charge on any atom is -0.388 e. The van der Waals surface area contributed by atoms with Gasteiger partial charge < -0.3 is 11.5 Å². The van der Waals surface area contributed by atoms with E-state index in [1.54, 1.807) is 6.07 Å². The lowest BCUT2D eigenvalue weighted by Crippen LogP contribution is -2.14. The Morgan fingerprint density at radius 2 is 2.08 bits per heavy atom. The maximum Gasteiger partial charge on any atom is 0.250 e. The highest BCUT2D eigenvalue weighted by atomic mass is 32.1. The van der Waals surface area contributed by atoms with Gasteiger partial charge in [-0.05, 0) is 12.1 Å². The van der Waals surface area contributed by atoms with Crippen LogP contribution in [0, 0.1) is 0 Å². The normalized spacial score (nSPS) is 9.33. The van der Waals surface area contributed by atoms with Gasteiger partial charge in [-0.25, -0.2) is 0 Å². The predicted octanol–water partition coefficient (Wildman–Crippen LogP) is -0.185. The van der Waals surface area contributed by atoms with Gasteiger partial charge in [-0.2, -0.15) is 0 Å². The van der Waals surface area contributed by atoms with E-state index in [2.05, 4.69) is 17.2 Å². The molecule has 1 aromatic heterocycles. The summed E-state index contributed by atoms with van der Waals surface area (Å²) >= 11 is 4.67. The molecule has 5 heteroatoms. The second-order valence-electron chi connectivity index (χ2n) is 2.16. The quantitative estimate of drug-likeness (QED) is 0.620. The van der Waals surface area contributed by atoms with Gasteiger partial charge in [0, 0.05) is 6.20 Å². The molecule has 0 aliphatic rings. The van der Waals surface area contributed by atoms with E-state index in [1.165, 1.54) is 12.3 Å². The van der Waals surface area contributed by atoms with Gasteiger partial charge in [0.1, 0.15) is 4.99 Å². The van der Waals surface area contributed by atoms with Crippen molar-refractivity contribution >= 4 is 23.1 Å². The van der Waals surface area contributed by atoms with Crippen molar-refractivity contribution in [3.05, 3.63) is 29.6 Å². The Kier molecular flexibility index (Phi) is 2.35. The van der Waals surface area contributed by atoms with Crippen molar-refractivity contribution in [3.8, 4) is 0 Å². The first-order valence-corrected chi connectivity index (χ1v) is 3.58. The molecule has 1 amide bonds. The number of aromatic nitrogens is 1. The van der Waals surface area contributed by atoms with Gasteiger partial charge in [0.05, 0.1) is 11.3 Å². The van der Waals surface area contributed by atoms with Crippen LogP contribution < -0.4 is 11.5 Å². The maximum absolute atomic E-state index is 10.6. The first kappa shape index (κ1) is 8.61. The Hall–Kier alpha value is -1.49. The van der Waals surface area contributed by atoms with Crippen molar-refractivity contribution in [2.45, 2.75) is 0 Å². The number of nitrogens with zero attached hydrogens (tertiary/aromatic N) is 1. The van der Waals surface area contributed by atoms with Crippen LogP contribution in [0.3, 0.4) is 0 Å². The third-order valence-electron chi connectivity index (χ3n) is 1.30. The second kappa shape index (κ2) is 3.27. The predicted molar refractivity (Wildman–Crippen MR) is 48.6 cm³/mol. The molecule has 1 rings (SSSR count). The van der Waals surface area contributed by atoms with Crippen LogP contribution in [0.2, 0.25) is 0 Å². The second-order valence-corrected chi connectivity index (χ2v) is 2.60. The van der Waals surface area contributed by atoms with Gasteiger partial charge in [0.15, 0.2) is 0 Å². The first-order valence-electron chi connectivity index (χ1n) is 3.17. The molecule has 0 aromatic carbocycles. The molecule has 0 spiro atoms. The number of thiocarbonyl (C=S) groups is 1. The zero-order valence-corrected chi connectivity index (χ0v) is 6.97. The van der Waals surface area contributed by atoms with E-state index in [0.717, 1.165) is 0 Å². The van der Waals surface area contributed by atoms with Crippen LogP contribution in [0.1, 0.15) is 16.1 Å². The molecule has 0 aliphatic heterocycles. The van der Waals surface area contributed by atoms with Crippen molar-refractivity contribution in [3.63, 3.8) is 0 Å². The molecule has 12 heavy (non-hydrogen) atoms. The van der Waals surface area contributed by atoms with Crippen LogP contribution in [0.15, 0.2) is 18.3 Å². The van der Waals surface area contributed by atoms with E-state index in [1.807, 2.05) is 0 Å². The largest absolute Gasteiger partial charge is 0.388 e. The van der Waals surface area contributed by atoms with Gasteiger partial charge in [-0.15, -0.1) is 0 Å². The van der Waals surface area contributed by atoms with E-state index in [-0.39, 0.29) is 4.99 Å². The number of pyridine rings is 1. The minimum absolute atomic E-state index is 0.200. The van der Waals surface area contributed by atoms with E-state index in [4.69, 9.17) is 11.5 Å². The van der Waals surface area contributed by atoms with E-state index in [9.17, 15) is 4.79 Å². The molecule has 1 aromatic rings. The Bertz CT molecular complexity index is 287. The average molecular weight is 181 g/mol. The monoisotopic (exact) mass is 181 g/mol. The number of amides is 1. The number of hydrogen-bond acceptors (Lipinski definition) is 3. The summed E-state index contributed by atoms with van der Waals surface area (Å²) < 4.78 is 0. The summed E-state index contributed by atoms with van der Waals surface area (Å²) in [6.07, 6.45) is 1.34. The summed E-state index contributed by atoms with van der Waals surface area (Å²) in [6, 6.07) is 3.09. The van der Waals surface area contributed by atoms with Crippen molar-refractivity contribution in [1.29, 1.82) is 0 Å². The fraction of sp³-hybridized carbons (Fsp3) is 0. The summed E-state index contributed by atoms with van der Waals surface area (Å²) in [6.45, 7) is 0. The molecule has 0 atom stereocenters. The van der Waals surface area contributed by atoms with Gasteiger partial charge in [0.25, 0.3) is 0 Å². The first-order chi connectivity index (χ1) is 5.61. The highest BCUT2D eigenvalue weighted by molar-refractivity contribution is 7.80. The van der Waals surface area contributed by atoms with Crippen molar-refractivity contribution in [2.24, 2.45) is 11.5 Å². The minimum atomic E-state index is -0.517. The lowest BCUT2D eigenvalue weighted by molar-refractivity contribution is 0.1000. The molecule has 0 saturated heterocycles. The standard InChI is InChI=1S/C7H7N3OS/c8-6(11)4-1-2-5(7(9)12)10-3-4/h1-3H,(H2,8,11)(H2,9,12). The zero-order valence-electron chi connectivity index (χ0n) is 6.15. The van der Waals surface area contributed by atoms with Crippen LogP contribution in [0.4, 0.5) is 0 Å². The summed E-state index contributed by atoms with van der Waals surface area (Å²) in [5.74, 6) is -0.517. The third kappa shape index (κ3) is 1.76. The highest BCUT2D eigenvalue weighted by Gasteiger charge is 2.01. The summed E-state index contributed by atoms with van der Waals surface area (Å²) in [5.41, 5.74) is 11.1. The van der Waals surface area contributed by atoms with E-state index in [0.29, 0.717) is 11.3 Å². The molecule has 0 unspecified atom stereocenters. The smallest absolute Gasteiger partial charge is 0.250 e. The molecular formula is C7H7N3OS. The van der Waals surface area contributed by atoms with Crippen LogP contribution in [-0.2, 0) is 0 Å². The van der Waals surface area contributed by atoms with E-state index >= 15 is 0 Å². The van der Waals surface area contributed by atoms with Crippen LogP contribution in [-0.4, -0.2) is 15.9 Å². The molecule has 1 heterocycles. The summed E-state index contributed by atoms with van der Waals surface area (Å²) in [7, 11) is 0. The number of carbonyl (C=O) groups is 1. The average Bonchev–Trinajstić information content (AvgIpc) is 2.04. The van der Waals surface area contributed by atoms with Crippen molar-refractivity contribution < 1.29 is 4.79 Å². The van der Waals surface area contributed by atoms with Gasteiger partial charge in [-0.1, -0.05) is 12.2 Å². The third-order valence-corrected chi connectivity index (χ3v) is 1.51. The van der Waals surface area contributed by atoms with Gasteiger partial charge in [-0.3, -0.25) is 9.78 Å². The maximum atomic E-state index is 10.6. The Labute approximate surface area is 74.6 Å². The summed E-state index contributed by atoms with van der Waals surface area (Å²) in [5, 5.41) is 0. The van der Waals surface area contributed by atoms with Gasteiger partial charge in [0.2, 0.25) is 5.91 Å². The number of rotatable bonds is 2. The molecule has 0 fully saturated rings. The number of primary amides is 1. The molecular weight excluding hydrogens is 174 g/mol. The number of nitrogens with two attached hydrogens (primary N) is 2. The van der Waals surface area contributed by atoms with Crippen LogP contribution >= 0.6 is 12.2 Å². The van der Waals surface area contributed by atoms with Crippen LogP contribution in [0.5, 0.6) is 0 Å². The molecule has 0 saturated carbocycles. The lowest BCUT2D eigenvalue weighted by Gasteiger charge is -1.97. The Morgan fingerprint density at radius 1 is 1.42 bits per heavy atom. The zero-order chi connectivity index (χ0) is 9.14. The van der Waals surface area contributed by atoms with Crippen molar-refractivity contribution in [2.75, 3.05) is 0 Å². The molecule has 4 nitrogen and oxygen atoms in total. The molecule has 0 bridgehead atoms. The molecule has 62 valence electrons.